The number of amides is 2. The van der Waals surface area contributed by atoms with Crippen molar-refractivity contribution >= 4 is 12.0 Å². The van der Waals surface area contributed by atoms with E-state index < -0.39 is 12.0 Å². The number of carbonyl (C=O) groups is 2. The number of esters is 1. The van der Waals surface area contributed by atoms with Gasteiger partial charge in [-0.15, -0.1) is 0 Å². The van der Waals surface area contributed by atoms with Crippen molar-refractivity contribution in [1.82, 2.24) is 10.6 Å². The van der Waals surface area contributed by atoms with Gasteiger partial charge in [0.15, 0.2) is 11.5 Å². The molecule has 3 heterocycles. The number of urea groups is 1. The Labute approximate surface area is 170 Å². The van der Waals surface area contributed by atoms with Crippen molar-refractivity contribution in [1.29, 1.82) is 0 Å². The smallest absolute Gasteiger partial charge is 0.338 e. The van der Waals surface area contributed by atoms with Gasteiger partial charge in [0.25, 0.3) is 0 Å². The van der Waals surface area contributed by atoms with Crippen LogP contribution in [0.15, 0.2) is 29.5 Å². The molecular weight excluding hydrogens is 374 g/mol. The normalized spacial score (nSPS) is 26.0. The first-order chi connectivity index (χ1) is 14.1. The Bertz CT molecular complexity index is 838. The van der Waals surface area contributed by atoms with Crippen LogP contribution >= 0.6 is 0 Å². The SMILES string of the molecule is CCOC(=O)C1=C(C[NH+]2CCCC[C@@H]2C)NC(=O)N[C@@H]1c1ccc2c(c1)OCO2. The van der Waals surface area contributed by atoms with Gasteiger partial charge in [-0.1, -0.05) is 6.07 Å². The highest BCUT2D eigenvalue weighted by atomic mass is 16.7. The predicted octanol–water partition coefficient (Wildman–Crippen LogP) is 1.04. The van der Waals surface area contributed by atoms with Crippen molar-refractivity contribution in [2.75, 3.05) is 26.5 Å². The molecule has 4 rings (SSSR count). The van der Waals surface area contributed by atoms with Crippen molar-refractivity contribution < 1.29 is 28.7 Å². The quantitative estimate of drug-likeness (QED) is 0.641. The summed E-state index contributed by atoms with van der Waals surface area (Å²) in [4.78, 5) is 26.8. The lowest BCUT2D eigenvalue weighted by Gasteiger charge is -2.34. The molecule has 2 amide bonds. The van der Waals surface area contributed by atoms with E-state index in [9.17, 15) is 9.59 Å². The largest absolute Gasteiger partial charge is 0.463 e. The average molecular weight is 402 g/mol. The van der Waals surface area contributed by atoms with Gasteiger partial charge in [-0.05, 0) is 50.8 Å². The molecular formula is C21H28N3O5+. The van der Waals surface area contributed by atoms with E-state index in [1.165, 1.54) is 11.3 Å². The Hall–Kier alpha value is -2.74. The predicted molar refractivity (Wildman–Crippen MR) is 105 cm³/mol. The number of rotatable bonds is 5. The molecule has 1 fully saturated rings. The van der Waals surface area contributed by atoms with Crippen LogP contribution in [-0.4, -0.2) is 44.5 Å². The highest BCUT2D eigenvalue weighted by molar-refractivity contribution is 5.95. The summed E-state index contributed by atoms with van der Waals surface area (Å²) in [5.41, 5.74) is 1.85. The number of benzene rings is 1. The molecule has 1 unspecified atom stereocenters. The van der Waals surface area contributed by atoms with Gasteiger partial charge >= 0.3 is 12.0 Å². The van der Waals surface area contributed by atoms with Crippen LogP contribution in [0.1, 0.15) is 44.7 Å². The molecule has 3 aliphatic heterocycles. The average Bonchev–Trinajstić information content (AvgIpc) is 3.17. The van der Waals surface area contributed by atoms with Crippen molar-refractivity contribution in [2.24, 2.45) is 0 Å². The zero-order valence-electron chi connectivity index (χ0n) is 16.9. The van der Waals surface area contributed by atoms with E-state index in [1.807, 2.05) is 12.1 Å². The fourth-order valence-electron chi connectivity index (χ4n) is 4.29. The van der Waals surface area contributed by atoms with E-state index in [0.29, 0.717) is 35.4 Å². The molecule has 0 radical (unpaired) electrons. The fraction of sp³-hybridized carbons (Fsp3) is 0.524. The Morgan fingerprint density at radius 1 is 1.28 bits per heavy atom. The lowest BCUT2D eigenvalue weighted by molar-refractivity contribution is -0.924. The van der Waals surface area contributed by atoms with Crippen LogP contribution in [0.4, 0.5) is 4.79 Å². The minimum atomic E-state index is -0.605. The zero-order valence-corrected chi connectivity index (χ0v) is 16.9. The number of hydrogen-bond acceptors (Lipinski definition) is 5. The van der Waals surface area contributed by atoms with Gasteiger partial charge in [0.2, 0.25) is 6.79 Å². The molecule has 0 saturated carbocycles. The van der Waals surface area contributed by atoms with Gasteiger partial charge in [0, 0.05) is 0 Å². The van der Waals surface area contributed by atoms with Crippen molar-refractivity contribution in [3.05, 3.63) is 35.0 Å². The molecule has 1 aromatic carbocycles. The van der Waals surface area contributed by atoms with E-state index in [0.717, 1.165) is 24.9 Å². The third-order valence-electron chi connectivity index (χ3n) is 5.86. The molecule has 3 N–H and O–H groups in total. The summed E-state index contributed by atoms with van der Waals surface area (Å²) in [5.74, 6) is 0.847. The van der Waals surface area contributed by atoms with Gasteiger partial charge in [-0.25, -0.2) is 9.59 Å². The molecule has 3 atom stereocenters. The molecule has 1 aromatic rings. The molecule has 0 bridgehead atoms. The first kappa shape index (κ1) is 19.6. The molecule has 3 aliphatic rings. The summed E-state index contributed by atoms with van der Waals surface area (Å²) in [6, 6.07) is 5.01. The number of likely N-dealkylation sites (tertiary alicyclic amines) is 1. The molecule has 8 nitrogen and oxygen atoms in total. The highest BCUT2D eigenvalue weighted by Gasteiger charge is 2.37. The molecule has 8 heteroatoms. The number of quaternary nitrogens is 1. The Morgan fingerprint density at radius 2 is 2.10 bits per heavy atom. The second-order valence-corrected chi connectivity index (χ2v) is 7.74. The topological polar surface area (TPSA) is 90.3 Å². The molecule has 0 spiro atoms. The summed E-state index contributed by atoms with van der Waals surface area (Å²) in [6.45, 7) is 6.05. The number of ether oxygens (including phenoxy) is 3. The Kier molecular flexibility index (Phi) is 5.62. The number of hydrogen-bond donors (Lipinski definition) is 3. The molecule has 29 heavy (non-hydrogen) atoms. The van der Waals surface area contributed by atoms with Crippen molar-refractivity contribution in [3.63, 3.8) is 0 Å². The maximum atomic E-state index is 12.9. The van der Waals surface area contributed by atoms with Gasteiger partial charge < -0.3 is 29.7 Å². The number of fused-ring (bicyclic) bond motifs is 1. The maximum Gasteiger partial charge on any atom is 0.338 e. The third-order valence-corrected chi connectivity index (χ3v) is 5.86. The number of piperidine rings is 1. The van der Waals surface area contributed by atoms with Crippen LogP contribution in [0.5, 0.6) is 11.5 Å². The molecule has 0 aliphatic carbocycles. The number of nitrogens with one attached hydrogen (secondary N) is 3. The number of carbonyl (C=O) groups excluding carboxylic acids is 2. The van der Waals surface area contributed by atoms with E-state index in [1.54, 1.807) is 13.0 Å². The first-order valence-corrected chi connectivity index (χ1v) is 10.3. The zero-order chi connectivity index (χ0) is 20.4. The van der Waals surface area contributed by atoms with E-state index in [2.05, 4.69) is 17.6 Å². The van der Waals surface area contributed by atoms with E-state index >= 15 is 0 Å². The highest BCUT2D eigenvalue weighted by Crippen LogP contribution is 2.37. The molecule has 1 saturated heterocycles. The van der Waals surface area contributed by atoms with Gasteiger partial charge in [0.05, 0.1) is 36.5 Å². The van der Waals surface area contributed by atoms with E-state index in [-0.39, 0.29) is 19.4 Å². The lowest BCUT2D eigenvalue weighted by Crippen LogP contribution is -3.16. The monoisotopic (exact) mass is 402 g/mol. The Morgan fingerprint density at radius 3 is 2.90 bits per heavy atom. The fourth-order valence-corrected chi connectivity index (χ4v) is 4.29. The van der Waals surface area contributed by atoms with Crippen molar-refractivity contribution in [3.8, 4) is 11.5 Å². The van der Waals surface area contributed by atoms with Crippen LogP contribution in [-0.2, 0) is 9.53 Å². The van der Waals surface area contributed by atoms with Gasteiger partial charge in [-0.3, -0.25) is 0 Å². The first-order valence-electron chi connectivity index (χ1n) is 10.3. The minimum Gasteiger partial charge on any atom is -0.463 e. The maximum absolute atomic E-state index is 12.9. The minimum absolute atomic E-state index is 0.166. The molecule has 156 valence electrons. The lowest BCUT2D eigenvalue weighted by atomic mass is 9.94. The van der Waals surface area contributed by atoms with Crippen LogP contribution in [0.3, 0.4) is 0 Å². The molecule has 0 aromatic heterocycles. The summed E-state index contributed by atoms with van der Waals surface area (Å²) in [7, 11) is 0. The summed E-state index contributed by atoms with van der Waals surface area (Å²) >= 11 is 0. The van der Waals surface area contributed by atoms with Crippen LogP contribution in [0.2, 0.25) is 0 Å². The second kappa shape index (κ2) is 8.32. The Balaban J connectivity index is 1.71. The van der Waals surface area contributed by atoms with Gasteiger partial charge in [0.1, 0.15) is 6.54 Å². The van der Waals surface area contributed by atoms with Crippen LogP contribution in [0.25, 0.3) is 0 Å². The van der Waals surface area contributed by atoms with Crippen LogP contribution in [0, 0.1) is 0 Å². The second-order valence-electron chi connectivity index (χ2n) is 7.74. The summed E-state index contributed by atoms with van der Waals surface area (Å²) < 4.78 is 16.2. The van der Waals surface area contributed by atoms with Crippen LogP contribution < -0.4 is 25.0 Å². The standard InChI is InChI=1S/C21H27N3O5/c1-3-27-20(25)18-15(11-24-9-5-4-6-13(24)2)22-21(26)23-19(18)14-7-8-16-17(10-14)29-12-28-16/h7-8,10,13,19H,3-6,9,11-12H2,1-2H3,(H2,22,23,26)/p+1/t13-,19+/m0/s1. The summed E-state index contributed by atoms with van der Waals surface area (Å²) in [6.07, 6.45) is 3.52. The summed E-state index contributed by atoms with van der Waals surface area (Å²) in [5, 5.41) is 5.75. The van der Waals surface area contributed by atoms with E-state index in [4.69, 9.17) is 14.2 Å². The van der Waals surface area contributed by atoms with Gasteiger partial charge in [-0.2, -0.15) is 0 Å². The van der Waals surface area contributed by atoms with Crippen molar-refractivity contribution in [2.45, 2.75) is 45.2 Å². The third kappa shape index (κ3) is 4.03.